The second-order valence-corrected chi connectivity index (χ2v) is 4.42. The van der Waals surface area contributed by atoms with E-state index in [1.165, 1.54) is 11.4 Å². The summed E-state index contributed by atoms with van der Waals surface area (Å²) < 4.78 is 61.3. The number of hydrogen-bond donors (Lipinski definition) is 1. The zero-order chi connectivity index (χ0) is 14.1. The van der Waals surface area contributed by atoms with Gasteiger partial charge in [0.1, 0.15) is 0 Å². The van der Waals surface area contributed by atoms with Crippen LogP contribution in [0, 0.1) is 0 Å². The molecule has 0 aliphatic rings. The monoisotopic (exact) mass is 351 g/mol. The number of halogens is 7. The third-order valence-electron chi connectivity index (χ3n) is 1.82. The minimum atomic E-state index is -5.95. The maximum absolute atomic E-state index is 12.6. The molecule has 0 radical (unpaired) electrons. The second-order valence-electron chi connectivity index (χ2n) is 3.16. The Morgan fingerprint density at radius 3 is 2.22 bits per heavy atom. The fraction of sp³-hybridized carbons (Fsp3) is 0.222. The van der Waals surface area contributed by atoms with E-state index in [1.54, 1.807) is 0 Å². The molecule has 1 rings (SSSR count). The Balaban J connectivity index is 2.91. The molecule has 0 atom stereocenters. The summed E-state index contributed by atoms with van der Waals surface area (Å²) in [7, 11) is 0. The van der Waals surface area contributed by atoms with Crippen molar-refractivity contribution < 1.29 is 26.7 Å². The highest BCUT2D eigenvalue weighted by Gasteiger charge is 2.63. The first-order valence-corrected chi connectivity index (χ1v) is 5.44. The highest BCUT2D eigenvalue weighted by atomic mass is 79.9. The number of hydrogen-bond acceptors (Lipinski definition) is 1. The molecule has 1 aromatic carbocycles. The standard InChI is InChI=1S/C9H4BrClF5NO/c10-5-2-1-4(3-6(5)11)17-7(18)8(12,13)9(14,15)16/h1-3H,(H,17,18). The molecular weight excluding hydrogens is 348 g/mol. The largest absolute Gasteiger partial charge is 0.463 e. The zero-order valence-electron chi connectivity index (χ0n) is 8.29. The Morgan fingerprint density at radius 2 is 1.78 bits per heavy atom. The van der Waals surface area contributed by atoms with E-state index in [2.05, 4.69) is 15.9 Å². The third kappa shape index (κ3) is 3.11. The van der Waals surface area contributed by atoms with Crippen molar-refractivity contribution in [2.45, 2.75) is 12.1 Å². The van der Waals surface area contributed by atoms with Crippen molar-refractivity contribution in [3.63, 3.8) is 0 Å². The molecule has 1 aromatic rings. The van der Waals surface area contributed by atoms with Crippen molar-refractivity contribution in [2.24, 2.45) is 0 Å². The van der Waals surface area contributed by atoms with Gasteiger partial charge in [0.25, 0.3) is 0 Å². The molecule has 0 aliphatic heterocycles. The van der Waals surface area contributed by atoms with Gasteiger partial charge in [0.05, 0.1) is 5.02 Å². The summed E-state index contributed by atoms with van der Waals surface area (Å²) >= 11 is 8.59. The first-order valence-electron chi connectivity index (χ1n) is 4.27. The van der Waals surface area contributed by atoms with Crippen LogP contribution in [0.2, 0.25) is 5.02 Å². The molecule has 0 saturated carbocycles. The third-order valence-corrected chi connectivity index (χ3v) is 3.05. The van der Waals surface area contributed by atoms with Gasteiger partial charge in [-0.3, -0.25) is 4.79 Å². The van der Waals surface area contributed by atoms with Crippen molar-refractivity contribution in [1.29, 1.82) is 0 Å². The average Bonchev–Trinajstić information content (AvgIpc) is 2.21. The Hall–Kier alpha value is -0.890. The van der Waals surface area contributed by atoms with Crippen molar-refractivity contribution in [1.82, 2.24) is 0 Å². The number of nitrogens with one attached hydrogen (secondary N) is 1. The number of anilines is 1. The molecule has 0 fully saturated rings. The number of carbonyl (C=O) groups excluding carboxylic acids is 1. The first-order chi connectivity index (χ1) is 8.05. The normalized spacial score (nSPS) is 12.4. The van der Waals surface area contributed by atoms with Crippen LogP contribution >= 0.6 is 27.5 Å². The number of amides is 1. The predicted octanol–water partition coefficient (Wildman–Crippen LogP) is 4.24. The fourth-order valence-electron chi connectivity index (χ4n) is 0.912. The molecular formula is C9H4BrClF5NO. The maximum Gasteiger partial charge on any atom is 0.463 e. The van der Waals surface area contributed by atoms with E-state index in [0.717, 1.165) is 12.1 Å². The van der Waals surface area contributed by atoms with Crippen LogP contribution in [0.15, 0.2) is 22.7 Å². The van der Waals surface area contributed by atoms with E-state index in [4.69, 9.17) is 11.6 Å². The van der Waals surface area contributed by atoms with Crippen LogP contribution in [0.5, 0.6) is 0 Å². The van der Waals surface area contributed by atoms with Crippen molar-refractivity contribution in [2.75, 3.05) is 5.32 Å². The van der Waals surface area contributed by atoms with Crippen LogP contribution in [0.4, 0.5) is 27.6 Å². The van der Waals surface area contributed by atoms with Gasteiger partial charge in [0.15, 0.2) is 0 Å². The van der Waals surface area contributed by atoms with Crippen LogP contribution < -0.4 is 5.32 Å². The van der Waals surface area contributed by atoms with Gasteiger partial charge in [-0.1, -0.05) is 11.6 Å². The highest BCUT2D eigenvalue weighted by Crippen LogP contribution is 2.36. The lowest BCUT2D eigenvalue weighted by molar-refractivity contribution is -0.267. The number of alkyl halides is 5. The molecule has 0 spiro atoms. The summed E-state index contributed by atoms with van der Waals surface area (Å²) in [4.78, 5) is 10.8. The molecule has 18 heavy (non-hydrogen) atoms. The van der Waals surface area contributed by atoms with Crippen LogP contribution in [0.3, 0.4) is 0 Å². The van der Waals surface area contributed by atoms with E-state index in [9.17, 15) is 26.7 Å². The lowest BCUT2D eigenvalue weighted by Gasteiger charge is -2.18. The van der Waals surface area contributed by atoms with Gasteiger partial charge in [0, 0.05) is 10.2 Å². The molecule has 0 unspecified atom stereocenters. The molecule has 9 heteroatoms. The molecule has 100 valence electrons. The quantitative estimate of drug-likeness (QED) is 0.793. The van der Waals surface area contributed by atoms with E-state index in [0.29, 0.717) is 4.47 Å². The Morgan fingerprint density at radius 1 is 1.22 bits per heavy atom. The Labute approximate surface area is 111 Å². The predicted molar refractivity (Wildman–Crippen MR) is 58.8 cm³/mol. The van der Waals surface area contributed by atoms with Gasteiger partial charge >= 0.3 is 18.0 Å². The maximum atomic E-state index is 12.6. The van der Waals surface area contributed by atoms with E-state index in [-0.39, 0.29) is 10.7 Å². The first kappa shape index (κ1) is 15.2. The summed E-state index contributed by atoms with van der Waals surface area (Å²) in [6.07, 6.45) is -5.95. The number of rotatable bonds is 2. The summed E-state index contributed by atoms with van der Waals surface area (Å²) in [6.45, 7) is 0. The second kappa shape index (κ2) is 5.00. The smallest absolute Gasteiger partial charge is 0.320 e. The van der Waals surface area contributed by atoms with Crippen molar-refractivity contribution >= 4 is 39.1 Å². The minimum absolute atomic E-state index is 0.0584. The summed E-state index contributed by atoms with van der Waals surface area (Å²) in [5.74, 6) is -7.93. The molecule has 0 heterocycles. The summed E-state index contributed by atoms with van der Waals surface area (Å²) in [5, 5.41) is 1.50. The van der Waals surface area contributed by atoms with Gasteiger partial charge in [-0.2, -0.15) is 22.0 Å². The summed E-state index contributed by atoms with van der Waals surface area (Å²) in [5.41, 5.74) is -0.267. The Bertz CT molecular complexity index is 477. The molecule has 0 saturated heterocycles. The Kier molecular flexibility index (Phi) is 4.22. The van der Waals surface area contributed by atoms with Crippen LogP contribution in [-0.4, -0.2) is 18.0 Å². The molecule has 0 aromatic heterocycles. The fourth-order valence-corrected chi connectivity index (χ4v) is 1.34. The van der Waals surface area contributed by atoms with Crippen molar-refractivity contribution in [3.8, 4) is 0 Å². The van der Waals surface area contributed by atoms with Gasteiger partial charge in [0.2, 0.25) is 0 Å². The van der Waals surface area contributed by atoms with E-state index < -0.39 is 18.0 Å². The molecule has 1 N–H and O–H groups in total. The van der Waals surface area contributed by atoms with Gasteiger partial charge in [-0.05, 0) is 34.1 Å². The van der Waals surface area contributed by atoms with Gasteiger partial charge in [-0.15, -0.1) is 0 Å². The minimum Gasteiger partial charge on any atom is -0.320 e. The average molecular weight is 352 g/mol. The lowest BCUT2D eigenvalue weighted by Crippen LogP contribution is -2.47. The SMILES string of the molecule is O=C(Nc1ccc(Br)c(Cl)c1)C(F)(F)C(F)(F)F. The zero-order valence-corrected chi connectivity index (χ0v) is 10.6. The topological polar surface area (TPSA) is 29.1 Å². The lowest BCUT2D eigenvalue weighted by atomic mass is 10.2. The molecule has 2 nitrogen and oxygen atoms in total. The van der Waals surface area contributed by atoms with Crippen LogP contribution in [0.25, 0.3) is 0 Å². The van der Waals surface area contributed by atoms with Crippen LogP contribution in [-0.2, 0) is 4.79 Å². The van der Waals surface area contributed by atoms with Crippen LogP contribution in [0.1, 0.15) is 0 Å². The molecule has 0 bridgehead atoms. The van der Waals surface area contributed by atoms with Gasteiger partial charge in [-0.25, -0.2) is 0 Å². The van der Waals surface area contributed by atoms with E-state index in [1.807, 2.05) is 0 Å². The van der Waals surface area contributed by atoms with Crippen molar-refractivity contribution in [3.05, 3.63) is 27.7 Å². The molecule has 1 amide bonds. The molecule has 0 aliphatic carbocycles. The highest BCUT2D eigenvalue weighted by molar-refractivity contribution is 9.10. The summed E-state index contributed by atoms with van der Waals surface area (Å²) in [6, 6.07) is 3.46. The van der Waals surface area contributed by atoms with E-state index >= 15 is 0 Å². The number of benzene rings is 1. The van der Waals surface area contributed by atoms with Gasteiger partial charge < -0.3 is 5.32 Å². The number of carbonyl (C=O) groups is 1.